The molecule has 0 bridgehead atoms. The SMILES string of the molecule is CC(NC(=O)c1ccc(CN2C(=O)c3ccccc3C2=O)cc1)c1nc2ccccc2n1C. The van der Waals surface area contributed by atoms with Gasteiger partial charge in [0, 0.05) is 12.6 Å². The van der Waals surface area contributed by atoms with Gasteiger partial charge < -0.3 is 9.88 Å². The second-order valence-electron chi connectivity index (χ2n) is 8.15. The van der Waals surface area contributed by atoms with Crippen molar-refractivity contribution in [3.63, 3.8) is 0 Å². The maximum absolute atomic E-state index is 12.8. The van der Waals surface area contributed by atoms with Crippen molar-refractivity contribution >= 4 is 28.8 Å². The Hall–Kier alpha value is -4.26. The Kier molecular flexibility index (Phi) is 5.01. The fraction of sp³-hybridized carbons (Fsp3) is 0.154. The van der Waals surface area contributed by atoms with Crippen LogP contribution in [0.15, 0.2) is 72.8 Å². The zero-order chi connectivity index (χ0) is 23.1. The molecule has 0 spiro atoms. The van der Waals surface area contributed by atoms with Gasteiger partial charge in [0.2, 0.25) is 0 Å². The van der Waals surface area contributed by atoms with Crippen LogP contribution in [0, 0.1) is 0 Å². The van der Waals surface area contributed by atoms with E-state index in [0.717, 1.165) is 22.4 Å². The monoisotopic (exact) mass is 438 g/mol. The van der Waals surface area contributed by atoms with Crippen molar-refractivity contribution in [1.29, 1.82) is 0 Å². The Balaban J connectivity index is 1.27. The van der Waals surface area contributed by atoms with Crippen LogP contribution in [0.2, 0.25) is 0 Å². The third-order valence-corrected chi connectivity index (χ3v) is 5.99. The van der Waals surface area contributed by atoms with Crippen molar-refractivity contribution in [2.75, 3.05) is 0 Å². The van der Waals surface area contributed by atoms with Crippen molar-refractivity contribution in [3.05, 3.63) is 101 Å². The molecule has 7 nitrogen and oxygen atoms in total. The number of aromatic nitrogens is 2. The summed E-state index contributed by atoms with van der Waals surface area (Å²) in [5.74, 6) is -0.0453. The summed E-state index contributed by atoms with van der Waals surface area (Å²) in [7, 11) is 1.93. The van der Waals surface area contributed by atoms with Crippen molar-refractivity contribution < 1.29 is 14.4 Å². The lowest BCUT2D eigenvalue weighted by molar-refractivity contribution is 0.0641. The Morgan fingerprint density at radius 2 is 1.52 bits per heavy atom. The number of para-hydroxylation sites is 2. The van der Waals surface area contributed by atoms with E-state index in [2.05, 4.69) is 10.3 Å². The highest BCUT2D eigenvalue weighted by Crippen LogP contribution is 2.24. The standard InChI is InChI=1S/C26H22N4O3/c1-16(23-28-21-9-5-6-10-22(21)29(23)2)27-24(31)18-13-11-17(12-14-18)15-30-25(32)19-7-3-4-8-20(19)26(30)33/h3-14,16H,15H2,1-2H3,(H,27,31). The molecule has 3 aromatic carbocycles. The van der Waals surface area contributed by atoms with E-state index in [0.29, 0.717) is 16.7 Å². The fourth-order valence-corrected chi connectivity index (χ4v) is 4.22. The molecule has 0 aliphatic carbocycles. The van der Waals surface area contributed by atoms with E-state index in [1.165, 1.54) is 4.90 Å². The minimum Gasteiger partial charge on any atom is -0.342 e. The maximum atomic E-state index is 12.8. The summed E-state index contributed by atoms with van der Waals surface area (Å²) in [5, 5.41) is 2.99. The Morgan fingerprint density at radius 3 is 2.15 bits per heavy atom. The Labute approximate surface area is 190 Å². The quantitative estimate of drug-likeness (QED) is 0.480. The maximum Gasteiger partial charge on any atom is 0.261 e. The molecule has 5 rings (SSSR count). The largest absolute Gasteiger partial charge is 0.342 e. The number of hydrogen-bond acceptors (Lipinski definition) is 4. The number of carbonyl (C=O) groups excluding carboxylic acids is 3. The lowest BCUT2D eigenvalue weighted by Crippen LogP contribution is -2.29. The molecule has 4 aromatic rings. The van der Waals surface area contributed by atoms with Gasteiger partial charge >= 0.3 is 0 Å². The molecule has 0 saturated carbocycles. The smallest absolute Gasteiger partial charge is 0.261 e. The van der Waals surface area contributed by atoms with Gasteiger partial charge in [0.15, 0.2) is 0 Å². The molecule has 0 fully saturated rings. The number of rotatable bonds is 5. The number of fused-ring (bicyclic) bond motifs is 2. The summed E-state index contributed by atoms with van der Waals surface area (Å²) in [5.41, 5.74) is 4.00. The number of nitrogens with one attached hydrogen (secondary N) is 1. The number of imidazole rings is 1. The summed E-state index contributed by atoms with van der Waals surface area (Å²) in [6.45, 7) is 2.06. The Bertz CT molecular complexity index is 1370. The highest BCUT2D eigenvalue weighted by molar-refractivity contribution is 6.21. The van der Waals surface area contributed by atoms with Gasteiger partial charge in [-0.15, -0.1) is 0 Å². The molecule has 1 atom stereocenters. The lowest BCUT2D eigenvalue weighted by Gasteiger charge is -2.15. The zero-order valence-corrected chi connectivity index (χ0v) is 18.3. The van der Waals surface area contributed by atoms with E-state index in [4.69, 9.17) is 0 Å². The second-order valence-corrected chi connectivity index (χ2v) is 8.15. The van der Waals surface area contributed by atoms with Gasteiger partial charge in [-0.25, -0.2) is 4.98 Å². The van der Waals surface area contributed by atoms with Crippen LogP contribution in [0.4, 0.5) is 0 Å². The molecular weight excluding hydrogens is 416 g/mol. The first-order chi connectivity index (χ1) is 15.9. The molecular formula is C26H22N4O3. The van der Waals surface area contributed by atoms with Gasteiger partial charge in [0.05, 0.1) is 34.7 Å². The molecule has 2 heterocycles. The minimum absolute atomic E-state index is 0.157. The van der Waals surface area contributed by atoms with Gasteiger partial charge in [-0.05, 0) is 48.9 Å². The van der Waals surface area contributed by atoms with Crippen LogP contribution in [0.3, 0.4) is 0 Å². The molecule has 7 heteroatoms. The summed E-state index contributed by atoms with van der Waals surface area (Å²) in [6, 6.07) is 21.3. The third kappa shape index (κ3) is 3.57. The molecule has 1 N–H and O–H groups in total. The molecule has 1 aliphatic rings. The van der Waals surface area contributed by atoms with E-state index in [9.17, 15) is 14.4 Å². The predicted molar refractivity (Wildman–Crippen MR) is 124 cm³/mol. The van der Waals surface area contributed by atoms with Gasteiger partial charge in [-0.1, -0.05) is 36.4 Å². The van der Waals surface area contributed by atoms with Crippen LogP contribution in [0.25, 0.3) is 11.0 Å². The number of benzene rings is 3. The van der Waals surface area contributed by atoms with Crippen molar-refractivity contribution in [2.24, 2.45) is 7.05 Å². The summed E-state index contributed by atoms with van der Waals surface area (Å²) in [6.07, 6.45) is 0. The van der Waals surface area contributed by atoms with Gasteiger partial charge in [-0.2, -0.15) is 0 Å². The van der Waals surface area contributed by atoms with E-state index >= 15 is 0 Å². The molecule has 0 radical (unpaired) electrons. The van der Waals surface area contributed by atoms with Gasteiger partial charge in [-0.3, -0.25) is 19.3 Å². The van der Waals surface area contributed by atoms with Crippen LogP contribution in [-0.2, 0) is 13.6 Å². The second kappa shape index (κ2) is 8.02. The van der Waals surface area contributed by atoms with E-state index in [1.54, 1.807) is 48.5 Å². The van der Waals surface area contributed by atoms with E-state index < -0.39 is 0 Å². The summed E-state index contributed by atoms with van der Waals surface area (Å²) in [4.78, 5) is 43.8. The lowest BCUT2D eigenvalue weighted by atomic mass is 10.1. The average molecular weight is 438 g/mol. The van der Waals surface area contributed by atoms with Gasteiger partial charge in [0.1, 0.15) is 5.82 Å². The van der Waals surface area contributed by atoms with E-state index in [-0.39, 0.29) is 30.3 Å². The van der Waals surface area contributed by atoms with Gasteiger partial charge in [0.25, 0.3) is 17.7 Å². The first-order valence-corrected chi connectivity index (χ1v) is 10.7. The molecule has 1 aliphatic heterocycles. The molecule has 1 unspecified atom stereocenters. The van der Waals surface area contributed by atoms with Crippen molar-refractivity contribution in [3.8, 4) is 0 Å². The third-order valence-electron chi connectivity index (χ3n) is 5.99. The topological polar surface area (TPSA) is 84.3 Å². The predicted octanol–water partition coefficient (Wildman–Crippen LogP) is 3.86. The van der Waals surface area contributed by atoms with Crippen molar-refractivity contribution in [1.82, 2.24) is 19.8 Å². The number of imide groups is 1. The summed E-state index contributed by atoms with van der Waals surface area (Å²) >= 11 is 0. The normalized spacial score (nSPS) is 13.9. The number of nitrogens with zero attached hydrogens (tertiary/aromatic N) is 3. The van der Waals surface area contributed by atoms with Crippen LogP contribution in [0.5, 0.6) is 0 Å². The molecule has 1 aromatic heterocycles. The number of aryl methyl sites for hydroxylation is 1. The molecule has 164 valence electrons. The number of carbonyl (C=O) groups is 3. The summed E-state index contributed by atoms with van der Waals surface area (Å²) < 4.78 is 1.98. The first-order valence-electron chi connectivity index (χ1n) is 10.7. The molecule has 0 saturated heterocycles. The Morgan fingerprint density at radius 1 is 0.909 bits per heavy atom. The van der Waals surface area contributed by atoms with Crippen LogP contribution in [0.1, 0.15) is 55.4 Å². The average Bonchev–Trinajstić information content (AvgIpc) is 3.29. The molecule has 33 heavy (non-hydrogen) atoms. The van der Waals surface area contributed by atoms with Crippen LogP contribution >= 0.6 is 0 Å². The first kappa shape index (κ1) is 20.6. The van der Waals surface area contributed by atoms with E-state index in [1.807, 2.05) is 42.8 Å². The highest BCUT2D eigenvalue weighted by Gasteiger charge is 2.34. The number of amides is 3. The fourth-order valence-electron chi connectivity index (χ4n) is 4.22. The number of hydrogen-bond donors (Lipinski definition) is 1. The molecule has 3 amide bonds. The highest BCUT2D eigenvalue weighted by atomic mass is 16.2. The minimum atomic E-state index is -0.298. The van der Waals surface area contributed by atoms with Crippen molar-refractivity contribution in [2.45, 2.75) is 19.5 Å². The van der Waals surface area contributed by atoms with Crippen LogP contribution in [-0.4, -0.2) is 32.2 Å². The zero-order valence-electron chi connectivity index (χ0n) is 18.3. The van der Waals surface area contributed by atoms with Crippen LogP contribution < -0.4 is 5.32 Å².